The number of carbonyl (C=O) groups is 1. The molecule has 1 fully saturated rings. The SMILES string of the molecule is Cc1cc(C(=O)NCC2CCS(=O)(=O)C2)c(C)n1C(C)C. The van der Waals surface area contributed by atoms with Crippen LogP contribution < -0.4 is 5.32 Å². The van der Waals surface area contributed by atoms with Gasteiger partial charge in [0.25, 0.3) is 5.91 Å². The summed E-state index contributed by atoms with van der Waals surface area (Å²) in [5.74, 6) is 0.375. The van der Waals surface area contributed by atoms with Gasteiger partial charge < -0.3 is 9.88 Å². The van der Waals surface area contributed by atoms with Crippen molar-refractivity contribution in [3.8, 4) is 0 Å². The Bertz CT molecular complexity index is 644. The third-order valence-electron chi connectivity index (χ3n) is 4.12. The van der Waals surface area contributed by atoms with Crippen molar-refractivity contribution in [1.82, 2.24) is 9.88 Å². The number of rotatable bonds is 4. The van der Waals surface area contributed by atoms with Crippen LogP contribution in [-0.4, -0.2) is 36.9 Å². The maximum absolute atomic E-state index is 12.3. The van der Waals surface area contributed by atoms with Crippen molar-refractivity contribution in [2.75, 3.05) is 18.1 Å². The molecule has 2 rings (SSSR count). The maximum atomic E-state index is 12.3. The summed E-state index contributed by atoms with van der Waals surface area (Å²) in [6.07, 6.45) is 0.646. The van der Waals surface area contributed by atoms with Crippen LogP contribution in [-0.2, 0) is 9.84 Å². The van der Waals surface area contributed by atoms with Gasteiger partial charge in [0.05, 0.1) is 17.1 Å². The first kappa shape index (κ1) is 16.1. The molecule has 1 atom stereocenters. The van der Waals surface area contributed by atoms with Gasteiger partial charge in [-0.2, -0.15) is 0 Å². The molecule has 0 aliphatic carbocycles. The Balaban J connectivity index is 2.03. The first-order valence-corrected chi connectivity index (χ1v) is 9.20. The van der Waals surface area contributed by atoms with Crippen molar-refractivity contribution < 1.29 is 13.2 Å². The largest absolute Gasteiger partial charge is 0.352 e. The molecule has 1 aromatic heterocycles. The minimum Gasteiger partial charge on any atom is -0.352 e. The molecule has 118 valence electrons. The van der Waals surface area contributed by atoms with E-state index in [1.54, 1.807) is 0 Å². The number of nitrogens with zero attached hydrogens (tertiary/aromatic N) is 1. The molecule has 5 nitrogen and oxygen atoms in total. The summed E-state index contributed by atoms with van der Waals surface area (Å²) in [5, 5.41) is 2.88. The van der Waals surface area contributed by atoms with Gasteiger partial charge in [-0.3, -0.25) is 4.79 Å². The second-order valence-corrected chi connectivity index (χ2v) is 8.46. The van der Waals surface area contributed by atoms with Crippen molar-refractivity contribution in [2.24, 2.45) is 5.92 Å². The topological polar surface area (TPSA) is 68.2 Å². The van der Waals surface area contributed by atoms with E-state index in [1.807, 2.05) is 19.9 Å². The van der Waals surface area contributed by atoms with Gasteiger partial charge in [-0.25, -0.2) is 8.42 Å². The summed E-state index contributed by atoms with van der Waals surface area (Å²) < 4.78 is 25.0. The number of aromatic nitrogens is 1. The van der Waals surface area contributed by atoms with Crippen LogP contribution in [0, 0.1) is 19.8 Å². The van der Waals surface area contributed by atoms with Crippen LogP contribution in [0.1, 0.15) is 48.1 Å². The van der Waals surface area contributed by atoms with Gasteiger partial charge in [0.1, 0.15) is 0 Å². The quantitative estimate of drug-likeness (QED) is 0.922. The van der Waals surface area contributed by atoms with Gasteiger partial charge in [0.15, 0.2) is 9.84 Å². The predicted molar refractivity (Wildman–Crippen MR) is 83.4 cm³/mol. The molecule has 1 aliphatic rings. The summed E-state index contributed by atoms with van der Waals surface area (Å²) in [5.41, 5.74) is 2.71. The zero-order valence-corrected chi connectivity index (χ0v) is 14.0. The number of hydrogen-bond donors (Lipinski definition) is 1. The summed E-state index contributed by atoms with van der Waals surface area (Å²) >= 11 is 0. The Kier molecular flexibility index (Phi) is 4.46. The Hall–Kier alpha value is -1.30. The molecule has 0 aromatic carbocycles. The molecular weight excluding hydrogens is 288 g/mol. The highest BCUT2D eigenvalue weighted by Crippen LogP contribution is 2.21. The smallest absolute Gasteiger partial charge is 0.253 e. The molecule has 1 aromatic rings. The number of sulfone groups is 1. The minimum atomic E-state index is -2.89. The average molecular weight is 312 g/mol. The predicted octanol–water partition coefficient (Wildman–Crippen LogP) is 1.85. The monoisotopic (exact) mass is 312 g/mol. The van der Waals surface area contributed by atoms with Crippen LogP contribution in [0.25, 0.3) is 0 Å². The number of aryl methyl sites for hydroxylation is 1. The van der Waals surface area contributed by atoms with Gasteiger partial charge in [-0.15, -0.1) is 0 Å². The van der Waals surface area contributed by atoms with Crippen molar-refractivity contribution >= 4 is 15.7 Å². The summed E-state index contributed by atoms with van der Waals surface area (Å²) in [6, 6.07) is 2.21. The summed E-state index contributed by atoms with van der Waals surface area (Å²) in [4.78, 5) is 12.3. The van der Waals surface area contributed by atoms with E-state index in [0.29, 0.717) is 24.6 Å². The molecule has 2 heterocycles. The van der Waals surface area contributed by atoms with Gasteiger partial charge in [0.2, 0.25) is 0 Å². The Labute approximate surface area is 126 Å². The number of amides is 1. The average Bonchev–Trinajstić information content (AvgIpc) is 2.86. The normalized spacial score (nSPS) is 20.9. The van der Waals surface area contributed by atoms with E-state index in [4.69, 9.17) is 0 Å². The fourth-order valence-corrected chi connectivity index (χ4v) is 5.03. The van der Waals surface area contributed by atoms with E-state index in [2.05, 4.69) is 23.7 Å². The molecule has 0 radical (unpaired) electrons. The zero-order valence-electron chi connectivity index (χ0n) is 13.1. The molecule has 1 N–H and O–H groups in total. The molecule has 0 spiro atoms. The molecule has 6 heteroatoms. The Morgan fingerprint density at radius 1 is 1.43 bits per heavy atom. The van der Waals surface area contributed by atoms with Crippen LogP contribution >= 0.6 is 0 Å². The molecule has 0 saturated carbocycles. The van der Waals surface area contributed by atoms with Gasteiger partial charge in [-0.1, -0.05) is 0 Å². The minimum absolute atomic E-state index is 0.0486. The Morgan fingerprint density at radius 3 is 2.57 bits per heavy atom. The molecule has 1 aliphatic heterocycles. The first-order valence-electron chi connectivity index (χ1n) is 7.38. The fraction of sp³-hybridized carbons (Fsp3) is 0.667. The van der Waals surface area contributed by atoms with Gasteiger partial charge >= 0.3 is 0 Å². The lowest BCUT2D eigenvalue weighted by Crippen LogP contribution is -2.30. The molecule has 1 amide bonds. The second-order valence-electron chi connectivity index (χ2n) is 6.23. The van der Waals surface area contributed by atoms with E-state index >= 15 is 0 Å². The lowest BCUT2D eigenvalue weighted by Gasteiger charge is -2.14. The van der Waals surface area contributed by atoms with E-state index in [1.165, 1.54) is 0 Å². The molecule has 1 unspecified atom stereocenters. The van der Waals surface area contributed by atoms with E-state index in [0.717, 1.165) is 11.4 Å². The van der Waals surface area contributed by atoms with Crippen LogP contribution in [0.15, 0.2) is 6.07 Å². The first-order chi connectivity index (χ1) is 9.71. The van der Waals surface area contributed by atoms with E-state index < -0.39 is 9.84 Å². The number of nitrogens with one attached hydrogen (secondary N) is 1. The Morgan fingerprint density at radius 2 is 2.10 bits per heavy atom. The van der Waals surface area contributed by atoms with Gasteiger partial charge in [0, 0.05) is 24.0 Å². The van der Waals surface area contributed by atoms with Gasteiger partial charge in [-0.05, 0) is 46.1 Å². The third kappa shape index (κ3) is 3.48. The van der Waals surface area contributed by atoms with Crippen LogP contribution in [0.3, 0.4) is 0 Å². The highest BCUT2D eigenvalue weighted by atomic mass is 32.2. The summed E-state index contributed by atoms with van der Waals surface area (Å²) in [6.45, 7) is 8.55. The zero-order chi connectivity index (χ0) is 15.8. The number of hydrogen-bond acceptors (Lipinski definition) is 3. The van der Waals surface area contributed by atoms with Crippen LogP contribution in [0.4, 0.5) is 0 Å². The third-order valence-corrected chi connectivity index (χ3v) is 5.96. The highest BCUT2D eigenvalue weighted by molar-refractivity contribution is 7.91. The summed E-state index contributed by atoms with van der Waals surface area (Å²) in [7, 11) is -2.89. The lowest BCUT2D eigenvalue weighted by molar-refractivity contribution is 0.0947. The second kappa shape index (κ2) is 5.83. The van der Waals surface area contributed by atoms with Crippen molar-refractivity contribution in [3.63, 3.8) is 0 Å². The van der Waals surface area contributed by atoms with E-state index in [9.17, 15) is 13.2 Å². The molecule has 21 heavy (non-hydrogen) atoms. The maximum Gasteiger partial charge on any atom is 0.253 e. The van der Waals surface area contributed by atoms with E-state index in [-0.39, 0.29) is 23.3 Å². The van der Waals surface area contributed by atoms with Crippen LogP contribution in [0.2, 0.25) is 0 Å². The fourth-order valence-electron chi connectivity index (χ4n) is 3.17. The van der Waals surface area contributed by atoms with Crippen LogP contribution in [0.5, 0.6) is 0 Å². The van der Waals surface area contributed by atoms with Crippen molar-refractivity contribution in [1.29, 1.82) is 0 Å². The van der Waals surface area contributed by atoms with Crippen molar-refractivity contribution in [3.05, 3.63) is 23.0 Å². The highest BCUT2D eigenvalue weighted by Gasteiger charge is 2.28. The lowest BCUT2D eigenvalue weighted by atomic mass is 10.1. The van der Waals surface area contributed by atoms with Crippen molar-refractivity contribution in [2.45, 2.75) is 40.2 Å². The molecular formula is C15H24N2O3S. The number of carbonyl (C=O) groups excluding carboxylic acids is 1. The standard InChI is InChI=1S/C15H24N2O3S/c1-10(2)17-11(3)7-14(12(17)4)15(18)16-8-13-5-6-21(19,20)9-13/h7,10,13H,5-6,8-9H2,1-4H3,(H,16,18). The molecule has 0 bridgehead atoms. The molecule has 1 saturated heterocycles.